The number of carboxylic acids is 1. The number of carbonyl (C=O) groups is 1. The van der Waals surface area contributed by atoms with E-state index >= 15 is 0 Å². The van der Waals surface area contributed by atoms with Crippen LogP contribution >= 0.6 is 11.6 Å². The molecule has 0 amide bonds. The summed E-state index contributed by atoms with van der Waals surface area (Å²) in [5.41, 5.74) is 1.62. The second kappa shape index (κ2) is 3.79. The molecule has 1 saturated carbocycles. The van der Waals surface area contributed by atoms with Gasteiger partial charge in [-0.15, -0.1) is 0 Å². The number of fused-ring (bicyclic) bond motifs is 1. The van der Waals surface area contributed by atoms with Crippen LogP contribution in [0.2, 0.25) is 5.02 Å². The van der Waals surface area contributed by atoms with Crippen molar-refractivity contribution in [1.82, 2.24) is 0 Å². The van der Waals surface area contributed by atoms with Gasteiger partial charge in [-0.25, -0.2) is 0 Å². The molecule has 1 N–H and O–H groups in total. The van der Waals surface area contributed by atoms with E-state index in [-0.39, 0.29) is 18.6 Å². The molecule has 3 rings (SSSR count). The molecule has 1 heterocycles. The van der Waals surface area contributed by atoms with E-state index in [2.05, 4.69) is 0 Å². The predicted molar refractivity (Wildman–Crippen MR) is 65.5 cm³/mol. The van der Waals surface area contributed by atoms with Crippen LogP contribution in [0.1, 0.15) is 30.4 Å². The van der Waals surface area contributed by atoms with Gasteiger partial charge in [0, 0.05) is 5.41 Å². The molecule has 1 aliphatic heterocycles. The fourth-order valence-corrected chi connectivity index (χ4v) is 2.88. The molecule has 0 aromatic heterocycles. The fraction of sp³-hybridized carbons (Fsp3) is 0.462. The monoisotopic (exact) mass is 268 g/mol. The Morgan fingerprint density at radius 3 is 2.83 bits per heavy atom. The minimum Gasteiger partial charge on any atom is -0.481 e. The molecule has 1 aliphatic carbocycles. The number of halogens is 1. The van der Waals surface area contributed by atoms with Gasteiger partial charge in [0.05, 0.1) is 11.4 Å². The van der Waals surface area contributed by atoms with Crippen molar-refractivity contribution in [3.05, 3.63) is 22.2 Å². The Kier molecular flexibility index (Phi) is 2.45. The zero-order valence-electron chi connectivity index (χ0n) is 9.96. The maximum absolute atomic E-state index is 11.0. The van der Waals surface area contributed by atoms with Crippen molar-refractivity contribution in [2.45, 2.75) is 31.6 Å². The van der Waals surface area contributed by atoms with Crippen LogP contribution in [-0.2, 0) is 10.2 Å². The first-order valence-electron chi connectivity index (χ1n) is 5.84. The quantitative estimate of drug-likeness (QED) is 0.916. The van der Waals surface area contributed by atoms with Crippen molar-refractivity contribution in [2.24, 2.45) is 0 Å². The van der Waals surface area contributed by atoms with Crippen LogP contribution in [0.5, 0.6) is 11.5 Å². The van der Waals surface area contributed by atoms with E-state index in [1.54, 1.807) is 0 Å². The van der Waals surface area contributed by atoms with Crippen LogP contribution < -0.4 is 9.47 Å². The van der Waals surface area contributed by atoms with Gasteiger partial charge in [-0.1, -0.05) is 11.6 Å². The van der Waals surface area contributed by atoms with Gasteiger partial charge in [0.15, 0.2) is 11.5 Å². The van der Waals surface area contributed by atoms with E-state index < -0.39 is 5.97 Å². The third kappa shape index (κ3) is 1.63. The Labute approximate surface area is 109 Å². The second-order valence-corrected chi connectivity index (χ2v) is 5.33. The van der Waals surface area contributed by atoms with Gasteiger partial charge >= 0.3 is 5.97 Å². The maximum atomic E-state index is 11.0. The molecule has 1 aromatic carbocycles. The summed E-state index contributed by atoms with van der Waals surface area (Å²) in [5, 5.41) is 9.55. The first-order chi connectivity index (χ1) is 8.53. The van der Waals surface area contributed by atoms with E-state index in [1.165, 1.54) is 0 Å². The number of hydrogen-bond donors (Lipinski definition) is 1. The minimum absolute atomic E-state index is 0.143. The highest BCUT2D eigenvalue weighted by molar-refractivity contribution is 6.33. The molecule has 0 spiro atoms. The van der Waals surface area contributed by atoms with Crippen LogP contribution in [0.15, 0.2) is 6.07 Å². The average Bonchev–Trinajstić information content (AvgIpc) is 2.91. The van der Waals surface area contributed by atoms with Gasteiger partial charge in [-0.05, 0) is 37.0 Å². The third-order valence-electron chi connectivity index (χ3n) is 3.76. The van der Waals surface area contributed by atoms with Crippen LogP contribution in [0.4, 0.5) is 0 Å². The van der Waals surface area contributed by atoms with Crippen LogP contribution in [0.3, 0.4) is 0 Å². The molecule has 96 valence electrons. The molecule has 0 bridgehead atoms. The molecule has 4 nitrogen and oxygen atoms in total. The molecule has 18 heavy (non-hydrogen) atoms. The van der Waals surface area contributed by atoms with Gasteiger partial charge < -0.3 is 14.6 Å². The third-order valence-corrected chi connectivity index (χ3v) is 4.22. The summed E-state index contributed by atoms with van der Waals surface area (Å²) in [5.74, 6) is 0.419. The number of rotatable bonds is 3. The number of hydrogen-bond acceptors (Lipinski definition) is 3. The van der Waals surface area contributed by atoms with Crippen molar-refractivity contribution in [3.8, 4) is 11.5 Å². The highest BCUT2D eigenvalue weighted by Crippen LogP contribution is 2.55. The summed E-state index contributed by atoms with van der Waals surface area (Å²) in [6.07, 6.45) is 1.91. The first kappa shape index (κ1) is 11.7. The van der Waals surface area contributed by atoms with Gasteiger partial charge in [0.25, 0.3) is 0 Å². The Bertz CT molecular complexity index is 534. The molecular weight excluding hydrogens is 256 g/mol. The summed E-state index contributed by atoms with van der Waals surface area (Å²) in [6, 6.07) is 1.89. The number of benzene rings is 1. The number of aliphatic carboxylic acids is 1. The van der Waals surface area contributed by atoms with Gasteiger partial charge in [0.2, 0.25) is 6.79 Å². The standard InChI is InChI=1S/C13H13ClO4/c1-7-8(13(2-3-13)5-10(15)16)4-9-12(11(7)14)18-6-17-9/h4H,2-3,5-6H2,1H3,(H,15,16). The summed E-state index contributed by atoms with van der Waals surface area (Å²) in [6.45, 7) is 2.07. The Balaban J connectivity index is 2.08. The SMILES string of the molecule is Cc1c(C2(CC(=O)O)CC2)cc2c(c1Cl)OCO2. The molecule has 2 aliphatic rings. The lowest BCUT2D eigenvalue weighted by Crippen LogP contribution is -2.14. The second-order valence-electron chi connectivity index (χ2n) is 4.95. The zero-order valence-corrected chi connectivity index (χ0v) is 10.7. The van der Waals surface area contributed by atoms with Gasteiger partial charge in [-0.3, -0.25) is 4.79 Å². The average molecular weight is 269 g/mol. The lowest BCUT2D eigenvalue weighted by Gasteiger charge is -2.18. The van der Waals surface area contributed by atoms with E-state index in [1.807, 2.05) is 13.0 Å². The minimum atomic E-state index is -0.777. The smallest absolute Gasteiger partial charge is 0.304 e. The van der Waals surface area contributed by atoms with Crippen LogP contribution in [0, 0.1) is 6.92 Å². The van der Waals surface area contributed by atoms with Crippen molar-refractivity contribution < 1.29 is 19.4 Å². The molecule has 5 heteroatoms. The first-order valence-corrected chi connectivity index (χ1v) is 6.22. The normalized spacial score (nSPS) is 18.8. The van der Waals surface area contributed by atoms with E-state index in [0.29, 0.717) is 16.5 Å². The van der Waals surface area contributed by atoms with Crippen molar-refractivity contribution in [2.75, 3.05) is 6.79 Å². The lowest BCUT2D eigenvalue weighted by molar-refractivity contribution is -0.137. The maximum Gasteiger partial charge on any atom is 0.304 e. The number of carboxylic acid groups (broad SMARTS) is 1. The summed E-state index contributed by atoms with van der Waals surface area (Å²) in [7, 11) is 0. The molecule has 0 atom stereocenters. The van der Waals surface area contributed by atoms with Crippen molar-refractivity contribution in [3.63, 3.8) is 0 Å². The molecule has 0 saturated heterocycles. The Hall–Kier alpha value is -1.42. The van der Waals surface area contributed by atoms with Crippen LogP contribution in [0.25, 0.3) is 0 Å². The largest absolute Gasteiger partial charge is 0.481 e. The summed E-state index contributed by atoms with van der Waals surface area (Å²) >= 11 is 6.26. The Morgan fingerprint density at radius 1 is 1.50 bits per heavy atom. The van der Waals surface area contributed by atoms with Gasteiger partial charge in [0.1, 0.15) is 0 Å². The molecule has 1 aromatic rings. The summed E-state index contributed by atoms with van der Waals surface area (Å²) in [4.78, 5) is 11.0. The predicted octanol–water partition coefficient (Wildman–Crippen LogP) is 2.88. The van der Waals surface area contributed by atoms with Gasteiger partial charge in [-0.2, -0.15) is 0 Å². The van der Waals surface area contributed by atoms with E-state index in [9.17, 15) is 4.79 Å². The molecular formula is C13H13ClO4. The van der Waals surface area contributed by atoms with Crippen molar-refractivity contribution >= 4 is 17.6 Å². The topological polar surface area (TPSA) is 55.8 Å². The molecule has 0 radical (unpaired) electrons. The van der Waals surface area contributed by atoms with Crippen molar-refractivity contribution in [1.29, 1.82) is 0 Å². The number of ether oxygens (including phenoxy) is 2. The highest BCUT2D eigenvalue weighted by atomic mass is 35.5. The van der Waals surface area contributed by atoms with E-state index in [0.717, 1.165) is 24.0 Å². The highest BCUT2D eigenvalue weighted by Gasteiger charge is 2.48. The molecule has 0 unspecified atom stereocenters. The fourth-order valence-electron chi connectivity index (χ4n) is 2.63. The molecule has 1 fully saturated rings. The zero-order chi connectivity index (χ0) is 12.9. The van der Waals surface area contributed by atoms with E-state index in [4.69, 9.17) is 26.2 Å². The van der Waals surface area contributed by atoms with Crippen LogP contribution in [-0.4, -0.2) is 17.9 Å². The summed E-state index contributed by atoms with van der Waals surface area (Å²) < 4.78 is 10.7. The Morgan fingerprint density at radius 2 is 2.22 bits per heavy atom. The lowest BCUT2D eigenvalue weighted by atomic mass is 9.88.